The van der Waals surface area contributed by atoms with Crippen LogP contribution >= 0.6 is 0 Å². The molecule has 0 aliphatic carbocycles. The Hall–Kier alpha value is -4.51. The predicted molar refractivity (Wildman–Crippen MR) is 159 cm³/mol. The zero-order chi connectivity index (χ0) is 29.4. The van der Waals surface area contributed by atoms with Gasteiger partial charge >= 0.3 is 0 Å². The van der Waals surface area contributed by atoms with Crippen LogP contribution in [0.4, 0.5) is 0 Å². The zero-order valence-corrected chi connectivity index (χ0v) is 24.1. The van der Waals surface area contributed by atoms with Gasteiger partial charge < -0.3 is 19.4 Å². The van der Waals surface area contributed by atoms with Crippen molar-refractivity contribution in [2.75, 3.05) is 0 Å². The second-order valence-electron chi connectivity index (χ2n) is 9.43. The Bertz CT molecular complexity index is 1910. The average molecular weight is 710 g/mol. The van der Waals surface area contributed by atoms with Gasteiger partial charge in [0.05, 0.1) is 0 Å². The molecular weight excluding hydrogens is 683 g/mol. The predicted octanol–water partition coefficient (Wildman–Crippen LogP) is 6.13. The molecule has 2 aliphatic rings. The molecule has 41 heavy (non-hydrogen) atoms. The third-order valence-electron chi connectivity index (χ3n) is 6.93. The molecule has 4 nitrogen and oxygen atoms in total. The summed E-state index contributed by atoms with van der Waals surface area (Å²) in [6.45, 7) is -2.02. The summed E-state index contributed by atoms with van der Waals surface area (Å²) in [7, 11) is 0. The summed E-state index contributed by atoms with van der Waals surface area (Å²) < 4.78 is 34.1. The van der Waals surface area contributed by atoms with E-state index in [9.17, 15) is 0 Å². The van der Waals surface area contributed by atoms with Crippen LogP contribution in [-0.4, -0.2) is 16.7 Å². The van der Waals surface area contributed by atoms with Crippen LogP contribution in [0.3, 0.4) is 0 Å². The van der Waals surface area contributed by atoms with Crippen LogP contribution in [0.1, 0.15) is 9.68 Å². The van der Waals surface area contributed by atoms with Gasteiger partial charge in [-0.25, -0.2) is 0 Å². The molecule has 0 amide bonds. The van der Waals surface area contributed by atoms with Crippen molar-refractivity contribution in [1.29, 1.82) is 0 Å². The molecule has 0 fully saturated rings. The molecule has 6 aromatic rings. The van der Waals surface area contributed by atoms with Crippen molar-refractivity contribution >= 4 is 23.1 Å². The smallest absolute Gasteiger partial charge is 0.241 e. The third kappa shape index (κ3) is 5.20. The first-order chi connectivity index (χ1) is 21.0. The number of para-hydroxylation sites is 1. The molecule has 8 rings (SSSR count). The van der Waals surface area contributed by atoms with E-state index in [4.69, 9.17) is 13.6 Å². The van der Waals surface area contributed by atoms with Crippen molar-refractivity contribution in [2.45, 2.75) is 6.85 Å². The van der Waals surface area contributed by atoms with Gasteiger partial charge in [-0.15, -0.1) is 65.1 Å². The maximum atomic E-state index is 7.23. The topological polar surface area (TPSA) is 44.2 Å². The van der Waals surface area contributed by atoms with Gasteiger partial charge in [-0.1, -0.05) is 48.5 Å². The van der Waals surface area contributed by atoms with Gasteiger partial charge in [0.15, 0.2) is 0 Å². The van der Waals surface area contributed by atoms with Gasteiger partial charge in [0.25, 0.3) is 0 Å². The van der Waals surface area contributed by atoms with Crippen LogP contribution in [0.5, 0.6) is 23.0 Å². The van der Waals surface area contributed by atoms with Crippen molar-refractivity contribution in [3.05, 3.63) is 139 Å². The summed E-state index contributed by atoms with van der Waals surface area (Å²) in [4.78, 5) is 8.60. The molecule has 1 radical (unpaired) electrons. The standard InChI is InChI=1S/C23H13BNO2.C12H10N.Ir/c1-2-8-19-16(6-1)24-17-14-15(18-7-3-4-13-25-18)11-12-20(17)27-22-10-5-9-21(26-19)23(22)24;1-10-7-8-12(13-9-10)11-5-3-2-4-6-11;/h1-10,12-14H;2-5,7-9H,1H3;/q2*-1;/i;1D3;. The van der Waals surface area contributed by atoms with Crippen LogP contribution in [0.2, 0.25) is 0 Å². The summed E-state index contributed by atoms with van der Waals surface area (Å²) in [5.41, 5.74) is 7.06. The number of benzene rings is 4. The van der Waals surface area contributed by atoms with Gasteiger partial charge in [0.1, 0.15) is 17.2 Å². The Morgan fingerprint density at radius 1 is 0.683 bits per heavy atom. The third-order valence-corrected chi connectivity index (χ3v) is 6.93. The van der Waals surface area contributed by atoms with Gasteiger partial charge in [0, 0.05) is 47.8 Å². The quantitative estimate of drug-likeness (QED) is 0.160. The molecule has 2 aromatic heterocycles. The Morgan fingerprint density at radius 3 is 2.22 bits per heavy atom. The fourth-order valence-corrected chi connectivity index (χ4v) is 5.10. The second kappa shape index (κ2) is 11.5. The van der Waals surface area contributed by atoms with E-state index in [0.29, 0.717) is 0 Å². The van der Waals surface area contributed by atoms with Crippen molar-refractivity contribution < 1.29 is 33.7 Å². The molecule has 0 N–H and O–H groups in total. The molecule has 6 heteroatoms. The van der Waals surface area contributed by atoms with Crippen LogP contribution < -0.4 is 25.9 Å². The monoisotopic (exact) mass is 710 g/mol. The number of aromatic nitrogens is 2. The number of fused-ring (bicyclic) bond motifs is 4. The summed E-state index contributed by atoms with van der Waals surface area (Å²) in [5, 5.41) is 0. The Morgan fingerprint density at radius 2 is 1.46 bits per heavy atom. The van der Waals surface area contributed by atoms with Crippen molar-refractivity contribution in [3.8, 4) is 45.5 Å². The molecule has 0 unspecified atom stereocenters. The SMILES string of the molecule is [2H]C([2H])([2H])c1ccc(-c2[c-]cccc2)nc1.[Ir].[c-]1cc2c(cc1-c1ccccn1)B1c3ccccc3Oc3cccc(c31)O2. The summed E-state index contributed by atoms with van der Waals surface area (Å²) >= 11 is 0. The van der Waals surface area contributed by atoms with Gasteiger partial charge in [0.2, 0.25) is 6.71 Å². The van der Waals surface area contributed by atoms with Crippen LogP contribution in [0.15, 0.2) is 122 Å². The van der Waals surface area contributed by atoms with E-state index in [1.165, 1.54) is 6.20 Å². The molecular formula is C35H23BIrN2O2-2. The minimum absolute atomic E-state index is 0. The molecule has 0 saturated carbocycles. The number of rotatable bonds is 2. The Balaban J connectivity index is 0.000000174. The Labute approximate surface area is 257 Å². The molecule has 199 valence electrons. The number of nitrogens with zero attached hydrogens (tertiary/aromatic N) is 2. The van der Waals surface area contributed by atoms with E-state index in [1.807, 2.05) is 72.8 Å². The number of ether oxygens (including phenoxy) is 2. The van der Waals surface area contributed by atoms with Crippen LogP contribution in [0.25, 0.3) is 22.5 Å². The molecule has 2 aliphatic heterocycles. The van der Waals surface area contributed by atoms with Crippen molar-refractivity contribution in [3.63, 3.8) is 0 Å². The minimum Gasteiger partial charge on any atom is -0.503 e. The summed E-state index contributed by atoms with van der Waals surface area (Å²) in [6.07, 6.45) is 3.19. The van der Waals surface area contributed by atoms with Crippen LogP contribution in [-0.2, 0) is 20.1 Å². The van der Waals surface area contributed by atoms with E-state index in [1.54, 1.807) is 24.4 Å². The largest absolute Gasteiger partial charge is 0.503 e. The maximum Gasteiger partial charge on any atom is 0.241 e. The summed E-state index contributed by atoms with van der Waals surface area (Å²) in [6, 6.07) is 41.3. The second-order valence-corrected chi connectivity index (χ2v) is 9.43. The zero-order valence-electron chi connectivity index (χ0n) is 24.7. The number of aryl methyl sites for hydroxylation is 1. The fraction of sp³-hybridized carbons (Fsp3) is 0.0286. The van der Waals surface area contributed by atoms with E-state index in [2.05, 4.69) is 40.3 Å². The number of pyridine rings is 2. The minimum atomic E-state index is -2.09. The number of hydrogen-bond acceptors (Lipinski definition) is 4. The normalized spacial score (nSPS) is 13.1. The first kappa shape index (κ1) is 23.2. The van der Waals surface area contributed by atoms with Crippen molar-refractivity contribution in [2.24, 2.45) is 0 Å². The van der Waals surface area contributed by atoms with E-state index >= 15 is 0 Å². The molecule has 0 atom stereocenters. The van der Waals surface area contributed by atoms with E-state index in [0.717, 1.165) is 61.9 Å². The van der Waals surface area contributed by atoms with Gasteiger partial charge in [-0.3, -0.25) is 0 Å². The molecule has 0 saturated heterocycles. The first-order valence-electron chi connectivity index (χ1n) is 14.4. The molecule has 0 spiro atoms. The molecule has 4 aromatic carbocycles. The van der Waals surface area contributed by atoms with Gasteiger partial charge in [-0.2, -0.15) is 0 Å². The van der Waals surface area contributed by atoms with Gasteiger partial charge in [-0.05, 0) is 53.5 Å². The summed E-state index contributed by atoms with van der Waals surface area (Å²) in [5.74, 6) is 3.43. The van der Waals surface area contributed by atoms with Crippen molar-refractivity contribution in [1.82, 2.24) is 9.97 Å². The number of hydrogen-bond donors (Lipinski definition) is 0. The molecule has 0 bridgehead atoms. The van der Waals surface area contributed by atoms with E-state index < -0.39 is 6.85 Å². The maximum absolute atomic E-state index is 7.23. The molecule has 4 heterocycles. The fourth-order valence-electron chi connectivity index (χ4n) is 5.10. The first-order valence-corrected chi connectivity index (χ1v) is 12.9. The van der Waals surface area contributed by atoms with Crippen LogP contribution in [0, 0.1) is 19.0 Å². The van der Waals surface area contributed by atoms with E-state index in [-0.39, 0.29) is 32.4 Å². The average Bonchev–Trinajstić information content (AvgIpc) is 3.05. The Kier molecular flexibility index (Phi) is 6.54.